The first-order valence-corrected chi connectivity index (χ1v) is 11.2. The van der Waals surface area contributed by atoms with Crippen molar-refractivity contribution in [2.24, 2.45) is 0 Å². The second-order valence-electron chi connectivity index (χ2n) is 8.85. The van der Waals surface area contributed by atoms with Gasteiger partial charge < -0.3 is 15.0 Å². The molecular formula is C25H27BF3N3O2. The van der Waals surface area contributed by atoms with Gasteiger partial charge in [0.15, 0.2) is 7.85 Å². The molecule has 2 heterocycles. The number of aromatic nitrogens is 1. The van der Waals surface area contributed by atoms with Crippen molar-refractivity contribution in [2.45, 2.75) is 38.3 Å². The summed E-state index contributed by atoms with van der Waals surface area (Å²) in [4.78, 5) is 18.3. The van der Waals surface area contributed by atoms with Crippen LogP contribution in [-0.2, 0) is 15.1 Å². The van der Waals surface area contributed by atoms with Crippen LogP contribution in [0.15, 0.2) is 42.5 Å². The Labute approximate surface area is 197 Å². The molecular weight excluding hydrogens is 442 g/mol. The number of nitrogens with one attached hydrogen (secondary N) is 1. The first kappa shape index (κ1) is 24.1. The number of nitrogens with zero attached hydrogens (tertiary/aromatic N) is 2. The number of pyridine rings is 1. The molecule has 34 heavy (non-hydrogen) atoms. The molecule has 1 amide bonds. The minimum absolute atomic E-state index is 0.00115. The number of amides is 1. The zero-order chi connectivity index (χ0) is 24.6. The topological polar surface area (TPSA) is 54.5 Å². The number of alkyl halides is 2. The molecule has 0 bridgehead atoms. The van der Waals surface area contributed by atoms with Gasteiger partial charge in [0, 0.05) is 37.2 Å². The number of ether oxygens (including phenoxy) is 1. The molecule has 178 valence electrons. The Bertz CT molecular complexity index is 1240. The van der Waals surface area contributed by atoms with E-state index in [0.717, 1.165) is 28.1 Å². The highest BCUT2D eigenvalue weighted by molar-refractivity contribution is 6.31. The van der Waals surface area contributed by atoms with Gasteiger partial charge in [0.05, 0.1) is 23.7 Å². The molecule has 0 spiro atoms. The molecule has 1 fully saturated rings. The monoisotopic (exact) mass is 469 g/mol. The van der Waals surface area contributed by atoms with E-state index in [1.807, 2.05) is 32.1 Å². The van der Waals surface area contributed by atoms with E-state index in [9.17, 15) is 18.0 Å². The summed E-state index contributed by atoms with van der Waals surface area (Å²) in [5.74, 6) is -0.900. The Morgan fingerprint density at radius 3 is 2.62 bits per heavy atom. The zero-order valence-corrected chi connectivity index (χ0v) is 19.7. The Morgan fingerprint density at radius 1 is 1.24 bits per heavy atom. The second kappa shape index (κ2) is 9.29. The quantitative estimate of drug-likeness (QED) is 0.558. The van der Waals surface area contributed by atoms with E-state index >= 15 is 0 Å². The smallest absolute Gasteiger partial charge is 0.266 e. The molecule has 2 atom stereocenters. The number of carbonyl (C=O) groups excluding carboxylic acids is 1. The van der Waals surface area contributed by atoms with Crippen molar-refractivity contribution in [1.29, 1.82) is 0 Å². The van der Waals surface area contributed by atoms with Crippen LogP contribution in [0.1, 0.15) is 49.4 Å². The molecule has 0 unspecified atom stereocenters. The van der Waals surface area contributed by atoms with Crippen LogP contribution in [0.2, 0.25) is 0 Å². The van der Waals surface area contributed by atoms with Gasteiger partial charge in [0.1, 0.15) is 11.4 Å². The highest BCUT2D eigenvalue weighted by Crippen LogP contribution is 2.38. The summed E-state index contributed by atoms with van der Waals surface area (Å²) in [7, 11) is 3.50. The summed E-state index contributed by atoms with van der Waals surface area (Å²) < 4.78 is 47.1. The van der Waals surface area contributed by atoms with Crippen molar-refractivity contribution in [3.63, 3.8) is 0 Å². The summed E-state index contributed by atoms with van der Waals surface area (Å²) in [6.45, 7) is 4.34. The van der Waals surface area contributed by atoms with Crippen LogP contribution in [0.4, 0.5) is 18.9 Å². The number of likely N-dealkylation sites (tertiary alicyclic amines) is 1. The SMILES string of the molecule is Bc1cc(N[C@H](C)c2cccc(C(F)F)c2F)c2cc([C@]3(OC)CCN(C(C)=O)C3)ccc2n1. The van der Waals surface area contributed by atoms with E-state index in [1.54, 1.807) is 25.9 Å². The van der Waals surface area contributed by atoms with Gasteiger partial charge in [0.25, 0.3) is 6.43 Å². The molecule has 9 heteroatoms. The summed E-state index contributed by atoms with van der Waals surface area (Å²) in [5, 5.41) is 4.10. The molecule has 5 nitrogen and oxygen atoms in total. The van der Waals surface area contributed by atoms with Gasteiger partial charge in [-0.05, 0) is 42.7 Å². The number of hydrogen-bond acceptors (Lipinski definition) is 4. The van der Waals surface area contributed by atoms with Crippen LogP contribution in [0.3, 0.4) is 0 Å². The van der Waals surface area contributed by atoms with Gasteiger partial charge in [-0.25, -0.2) is 13.2 Å². The third-order valence-electron chi connectivity index (χ3n) is 6.66. The number of hydrogen-bond donors (Lipinski definition) is 1. The van der Waals surface area contributed by atoms with Gasteiger partial charge in [-0.3, -0.25) is 9.78 Å². The summed E-state index contributed by atoms with van der Waals surface area (Å²) in [6.07, 6.45) is -2.22. The van der Waals surface area contributed by atoms with Crippen molar-refractivity contribution in [2.75, 3.05) is 25.5 Å². The van der Waals surface area contributed by atoms with Crippen LogP contribution in [0.25, 0.3) is 10.9 Å². The molecule has 3 aromatic rings. The number of rotatable bonds is 6. The highest BCUT2D eigenvalue weighted by atomic mass is 19.3. The fourth-order valence-electron chi connectivity index (χ4n) is 4.71. The maximum absolute atomic E-state index is 14.8. The fraction of sp³-hybridized carbons (Fsp3) is 0.360. The van der Waals surface area contributed by atoms with Crippen molar-refractivity contribution < 1.29 is 22.7 Å². The highest BCUT2D eigenvalue weighted by Gasteiger charge is 2.41. The standard InChI is InChI=1S/C25H27BF3N3O2/c1-14(17-5-4-6-18(23(17)27)24(28)29)30-21-12-22(26)31-20-8-7-16(11-19(20)21)25(34-3)9-10-32(13-25)15(2)33/h4-8,11-12,14,24H,9-10,13,26H2,1-3H3,(H,30,31)/t14-,25+/m1/s1. The average molecular weight is 469 g/mol. The van der Waals surface area contributed by atoms with Crippen molar-refractivity contribution in [3.05, 3.63) is 65.0 Å². The number of carbonyl (C=O) groups is 1. The molecule has 1 aliphatic rings. The summed E-state index contributed by atoms with van der Waals surface area (Å²) in [6, 6.07) is 11.2. The predicted molar refractivity (Wildman–Crippen MR) is 129 cm³/mol. The van der Waals surface area contributed by atoms with Crippen LogP contribution < -0.4 is 10.9 Å². The van der Waals surface area contributed by atoms with Crippen molar-refractivity contribution >= 4 is 35.9 Å². The van der Waals surface area contributed by atoms with Gasteiger partial charge in [0.2, 0.25) is 5.91 Å². The van der Waals surface area contributed by atoms with Crippen LogP contribution in [0, 0.1) is 5.82 Å². The molecule has 4 rings (SSSR count). The molecule has 1 saturated heterocycles. The predicted octanol–water partition coefficient (Wildman–Crippen LogP) is 3.84. The van der Waals surface area contributed by atoms with Crippen LogP contribution in [0.5, 0.6) is 0 Å². The molecule has 1 aliphatic heterocycles. The maximum atomic E-state index is 14.8. The normalized spacial score (nSPS) is 19.1. The van der Waals surface area contributed by atoms with Gasteiger partial charge in [-0.1, -0.05) is 24.3 Å². The first-order chi connectivity index (χ1) is 16.1. The largest absolute Gasteiger partial charge is 0.378 e. The van der Waals surface area contributed by atoms with E-state index in [2.05, 4.69) is 10.3 Å². The number of benzene rings is 2. The summed E-state index contributed by atoms with van der Waals surface area (Å²) in [5.41, 5.74) is 2.06. The number of halogens is 3. The van der Waals surface area contributed by atoms with Gasteiger partial charge in [-0.15, -0.1) is 0 Å². The van der Waals surface area contributed by atoms with E-state index in [-0.39, 0.29) is 11.5 Å². The van der Waals surface area contributed by atoms with Gasteiger partial charge in [-0.2, -0.15) is 0 Å². The van der Waals surface area contributed by atoms with Gasteiger partial charge >= 0.3 is 0 Å². The number of fused-ring (bicyclic) bond motifs is 1. The summed E-state index contributed by atoms with van der Waals surface area (Å²) >= 11 is 0. The lowest BCUT2D eigenvalue weighted by Gasteiger charge is -2.29. The zero-order valence-electron chi connectivity index (χ0n) is 19.7. The lowest BCUT2D eigenvalue weighted by atomic mass is 9.90. The number of methoxy groups -OCH3 is 1. The Hall–Kier alpha value is -3.07. The van der Waals surface area contributed by atoms with Crippen LogP contribution in [-0.4, -0.2) is 43.8 Å². The molecule has 0 radical (unpaired) electrons. The maximum Gasteiger partial charge on any atom is 0.266 e. The Kier molecular flexibility index (Phi) is 6.58. The molecule has 1 N–H and O–H groups in total. The van der Waals surface area contributed by atoms with Crippen molar-refractivity contribution in [1.82, 2.24) is 9.88 Å². The first-order valence-electron chi connectivity index (χ1n) is 11.2. The molecule has 0 aliphatic carbocycles. The third kappa shape index (κ3) is 4.36. The second-order valence-corrected chi connectivity index (χ2v) is 8.85. The van der Waals surface area contributed by atoms with E-state index in [1.165, 1.54) is 12.1 Å². The molecule has 2 aromatic carbocycles. The third-order valence-corrected chi connectivity index (χ3v) is 6.66. The fourth-order valence-corrected chi connectivity index (χ4v) is 4.71. The Morgan fingerprint density at radius 2 is 1.97 bits per heavy atom. The number of anilines is 1. The molecule has 0 saturated carbocycles. The minimum Gasteiger partial charge on any atom is -0.378 e. The van der Waals surface area contributed by atoms with Crippen molar-refractivity contribution in [3.8, 4) is 0 Å². The van der Waals surface area contributed by atoms with E-state index in [0.29, 0.717) is 25.2 Å². The lowest BCUT2D eigenvalue weighted by molar-refractivity contribution is -0.129. The minimum atomic E-state index is -2.88. The average Bonchev–Trinajstić information content (AvgIpc) is 3.25. The lowest BCUT2D eigenvalue weighted by Crippen LogP contribution is -2.34. The molecule has 1 aromatic heterocycles. The van der Waals surface area contributed by atoms with Crippen LogP contribution >= 0.6 is 0 Å². The van der Waals surface area contributed by atoms with E-state index in [4.69, 9.17) is 4.74 Å². The van der Waals surface area contributed by atoms with E-state index < -0.39 is 29.4 Å². The Balaban J connectivity index is 1.74.